The highest BCUT2D eigenvalue weighted by Gasteiger charge is 2.36. The van der Waals surface area contributed by atoms with Crippen LogP contribution in [0.4, 0.5) is 8.78 Å². The number of alkyl halides is 2. The number of aryl methyl sites for hydroxylation is 1. The summed E-state index contributed by atoms with van der Waals surface area (Å²) >= 11 is 1.60. The molecule has 1 fully saturated rings. The van der Waals surface area contributed by atoms with Crippen LogP contribution in [0.2, 0.25) is 0 Å². The average Bonchev–Trinajstić information content (AvgIpc) is 2.52. The Morgan fingerprint density at radius 2 is 2.07 bits per heavy atom. The molecule has 1 aromatic heterocycles. The molecule has 0 N–H and O–H groups in total. The number of nitrogens with zero attached hydrogens (tertiary/aromatic N) is 1. The van der Waals surface area contributed by atoms with Crippen molar-refractivity contribution >= 4 is 11.3 Å². The monoisotopic (exact) mass is 217 g/mol. The van der Waals surface area contributed by atoms with Gasteiger partial charge < -0.3 is 0 Å². The van der Waals surface area contributed by atoms with E-state index in [1.807, 2.05) is 12.3 Å². The van der Waals surface area contributed by atoms with E-state index < -0.39 is 5.92 Å². The second-order valence-corrected chi connectivity index (χ2v) is 4.85. The smallest absolute Gasteiger partial charge is 0.246 e. The van der Waals surface area contributed by atoms with Crippen LogP contribution in [0.1, 0.15) is 42.3 Å². The van der Waals surface area contributed by atoms with E-state index in [-0.39, 0.29) is 18.8 Å². The molecule has 0 amide bonds. The van der Waals surface area contributed by atoms with Gasteiger partial charge in [0.1, 0.15) is 0 Å². The maximum Gasteiger partial charge on any atom is 0.248 e. The predicted molar refractivity (Wildman–Crippen MR) is 53.0 cm³/mol. The first kappa shape index (κ1) is 10.0. The van der Waals surface area contributed by atoms with Gasteiger partial charge >= 0.3 is 0 Å². The molecule has 1 aliphatic carbocycles. The standard InChI is InChI=1S/C10H13F2NS/c1-7-6-14-9(13-7)8-2-4-10(11,12)5-3-8/h6,8H,2-5H2,1H3. The van der Waals surface area contributed by atoms with Crippen molar-refractivity contribution in [2.45, 2.75) is 44.4 Å². The van der Waals surface area contributed by atoms with E-state index in [0.717, 1.165) is 10.7 Å². The lowest BCUT2D eigenvalue weighted by Crippen LogP contribution is -2.23. The van der Waals surface area contributed by atoms with Gasteiger partial charge in [0.15, 0.2) is 0 Å². The first-order valence-corrected chi connectivity index (χ1v) is 5.75. The first-order valence-electron chi connectivity index (χ1n) is 4.87. The van der Waals surface area contributed by atoms with Crippen LogP contribution in [0.5, 0.6) is 0 Å². The summed E-state index contributed by atoms with van der Waals surface area (Å²) in [6, 6.07) is 0. The maximum atomic E-state index is 12.9. The number of halogens is 2. The lowest BCUT2D eigenvalue weighted by molar-refractivity contribution is -0.0382. The average molecular weight is 217 g/mol. The lowest BCUT2D eigenvalue weighted by Gasteiger charge is -2.26. The van der Waals surface area contributed by atoms with Crippen LogP contribution < -0.4 is 0 Å². The molecule has 0 saturated heterocycles. The van der Waals surface area contributed by atoms with Crippen LogP contribution in [-0.4, -0.2) is 10.9 Å². The summed E-state index contributed by atoms with van der Waals surface area (Å²) in [7, 11) is 0. The Labute approximate surface area is 86.2 Å². The Morgan fingerprint density at radius 1 is 1.43 bits per heavy atom. The Bertz CT molecular complexity index is 312. The topological polar surface area (TPSA) is 12.9 Å². The Kier molecular flexibility index (Phi) is 2.56. The van der Waals surface area contributed by atoms with E-state index in [0.29, 0.717) is 12.8 Å². The fourth-order valence-electron chi connectivity index (χ4n) is 1.85. The largest absolute Gasteiger partial charge is 0.248 e. The van der Waals surface area contributed by atoms with Gasteiger partial charge in [-0.05, 0) is 19.8 Å². The SMILES string of the molecule is Cc1csc(C2CCC(F)(F)CC2)n1. The van der Waals surface area contributed by atoms with E-state index >= 15 is 0 Å². The van der Waals surface area contributed by atoms with Gasteiger partial charge in [-0.15, -0.1) is 11.3 Å². The van der Waals surface area contributed by atoms with Gasteiger partial charge in [-0.25, -0.2) is 13.8 Å². The molecule has 0 aliphatic heterocycles. The van der Waals surface area contributed by atoms with Gasteiger partial charge in [-0.3, -0.25) is 0 Å². The van der Waals surface area contributed by atoms with Crippen molar-refractivity contribution in [3.63, 3.8) is 0 Å². The Balaban J connectivity index is 2.02. The van der Waals surface area contributed by atoms with Crippen LogP contribution in [0.25, 0.3) is 0 Å². The van der Waals surface area contributed by atoms with Crippen molar-refractivity contribution in [3.8, 4) is 0 Å². The minimum absolute atomic E-state index is 0.0241. The van der Waals surface area contributed by atoms with Gasteiger partial charge in [0.2, 0.25) is 5.92 Å². The third-order valence-electron chi connectivity index (χ3n) is 2.70. The van der Waals surface area contributed by atoms with Crippen molar-refractivity contribution in [2.24, 2.45) is 0 Å². The van der Waals surface area contributed by atoms with Crippen molar-refractivity contribution in [1.29, 1.82) is 0 Å². The number of thiazole rings is 1. The number of hydrogen-bond acceptors (Lipinski definition) is 2. The summed E-state index contributed by atoms with van der Waals surface area (Å²) in [6.45, 7) is 1.94. The van der Waals surface area contributed by atoms with Crippen LogP contribution in [0, 0.1) is 6.92 Å². The van der Waals surface area contributed by atoms with Gasteiger partial charge in [0.25, 0.3) is 0 Å². The summed E-state index contributed by atoms with van der Waals surface area (Å²) in [5.74, 6) is -2.16. The molecule has 0 unspecified atom stereocenters. The fourth-order valence-corrected chi connectivity index (χ4v) is 2.82. The van der Waals surface area contributed by atoms with E-state index in [4.69, 9.17) is 0 Å². The van der Waals surface area contributed by atoms with Gasteiger partial charge in [-0.1, -0.05) is 0 Å². The molecule has 0 bridgehead atoms. The van der Waals surface area contributed by atoms with Gasteiger partial charge in [0, 0.05) is 29.8 Å². The number of aromatic nitrogens is 1. The van der Waals surface area contributed by atoms with E-state index in [9.17, 15) is 8.78 Å². The molecule has 4 heteroatoms. The predicted octanol–water partition coefficient (Wildman–Crippen LogP) is 3.74. The molecule has 78 valence electrons. The molecule has 0 atom stereocenters. The van der Waals surface area contributed by atoms with Crippen molar-refractivity contribution in [1.82, 2.24) is 4.98 Å². The summed E-state index contributed by atoms with van der Waals surface area (Å²) in [5.41, 5.74) is 1.00. The normalized spacial score (nSPS) is 22.5. The van der Waals surface area contributed by atoms with E-state index in [1.54, 1.807) is 11.3 Å². The molecule has 1 nitrogen and oxygen atoms in total. The highest BCUT2D eigenvalue weighted by Crippen LogP contribution is 2.41. The highest BCUT2D eigenvalue weighted by atomic mass is 32.1. The summed E-state index contributed by atoms with van der Waals surface area (Å²) in [6.07, 6.45) is 1.21. The van der Waals surface area contributed by atoms with E-state index in [1.165, 1.54) is 0 Å². The maximum absolute atomic E-state index is 12.9. The molecular formula is C10H13F2NS. The molecule has 0 spiro atoms. The van der Waals surface area contributed by atoms with Crippen LogP contribution in [0.15, 0.2) is 5.38 Å². The molecule has 0 aromatic carbocycles. The highest BCUT2D eigenvalue weighted by molar-refractivity contribution is 7.09. The molecule has 2 rings (SSSR count). The zero-order valence-corrected chi connectivity index (χ0v) is 8.91. The van der Waals surface area contributed by atoms with Crippen LogP contribution in [0.3, 0.4) is 0 Å². The molecule has 1 saturated carbocycles. The summed E-state index contributed by atoms with van der Waals surface area (Å²) in [5, 5.41) is 3.03. The molecule has 0 radical (unpaired) electrons. The second kappa shape index (κ2) is 3.57. The van der Waals surface area contributed by atoms with Gasteiger partial charge in [0.05, 0.1) is 5.01 Å². The minimum atomic E-state index is -2.43. The third kappa shape index (κ3) is 2.11. The van der Waals surface area contributed by atoms with Crippen molar-refractivity contribution in [3.05, 3.63) is 16.1 Å². The van der Waals surface area contributed by atoms with Gasteiger partial charge in [-0.2, -0.15) is 0 Å². The second-order valence-electron chi connectivity index (χ2n) is 3.96. The number of hydrogen-bond donors (Lipinski definition) is 0. The van der Waals surface area contributed by atoms with Crippen LogP contribution >= 0.6 is 11.3 Å². The number of rotatable bonds is 1. The summed E-state index contributed by atoms with van der Waals surface area (Å²) in [4.78, 5) is 4.36. The fraction of sp³-hybridized carbons (Fsp3) is 0.700. The Morgan fingerprint density at radius 3 is 2.57 bits per heavy atom. The zero-order chi connectivity index (χ0) is 10.2. The summed E-state index contributed by atoms with van der Waals surface area (Å²) < 4.78 is 25.8. The third-order valence-corrected chi connectivity index (χ3v) is 3.83. The molecular weight excluding hydrogens is 204 g/mol. The van der Waals surface area contributed by atoms with E-state index in [2.05, 4.69) is 4.98 Å². The van der Waals surface area contributed by atoms with Crippen molar-refractivity contribution in [2.75, 3.05) is 0 Å². The lowest BCUT2D eigenvalue weighted by atomic mass is 9.87. The Hall–Kier alpha value is -0.510. The quantitative estimate of drug-likeness (QED) is 0.698. The minimum Gasteiger partial charge on any atom is -0.246 e. The zero-order valence-electron chi connectivity index (χ0n) is 8.09. The molecule has 14 heavy (non-hydrogen) atoms. The molecule has 1 heterocycles. The molecule has 1 aliphatic rings. The first-order chi connectivity index (χ1) is 6.57. The molecule has 1 aromatic rings. The van der Waals surface area contributed by atoms with Crippen molar-refractivity contribution < 1.29 is 8.78 Å². The van der Waals surface area contributed by atoms with Crippen LogP contribution in [-0.2, 0) is 0 Å².